The van der Waals surface area contributed by atoms with Gasteiger partial charge in [0.1, 0.15) is 10.6 Å². The van der Waals surface area contributed by atoms with Gasteiger partial charge in [0.2, 0.25) is 0 Å². The standard InChI is InChI=1S/C21H24N4O2S.2ClH/c1-12-8-13(2)23-21-18(12)19(25-28-21)24-20(26)15-4-5-17(27-3)16(10-15)9-14-6-7-22-11-14;;/h4-5,8,10,14,22H,6-7,9,11H2,1-3H3,(H,24,25,26);2*1H. The third kappa shape index (κ3) is 5.03. The highest BCUT2D eigenvalue weighted by Gasteiger charge is 2.19. The van der Waals surface area contributed by atoms with Crippen molar-refractivity contribution in [2.75, 3.05) is 25.5 Å². The molecule has 1 fully saturated rings. The normalized spacial score (nSPS) is 15.4. The van der Waals surface area contributed by atoms with Gasteiger partial charge in [0, 0.05) is 11.3 Å². The second-order valence-corrected chi connectivity index (χ2v) is 8.09. The number of carbonyl (C=O) groups excluding carboxylic acids is 1. The van der Waals surface area contributed by atoms with Crippen molar-refractivity contribution in [3.8, 4) is 5.75 Å². The summed E-state index contributed by atoms with van der Waals surface area (Å²) in [4.78, 5) is 18.3. The number of carbonyl (C=O) groups is 1. The maximum atomic E-state index is 12.9. The van der Waals surface area contributed by atoms with Crippen LogP contribution in [0.15, 0.2) is 24.3 Å². The Morgan fingerprint density at radius 1 is 1.30 bits per heavy atom. The van der Waals surface area contributed by atoms with Gasteiger partial charge in [-0.25, -0.2) is 4.98 Å². The number of nitrogens with zero attached hydrogens (tertiary/aromatic N) is 2. The zero-order chi connectivity index (χ0) is 19.7. The van der Waals surface area contributed by atoms with Crippen molar-refractivity contribution in [3.63, 3.8) is 0 Å². The number of fused-ring (bicyclic) bond motifs is 1. The number of methoxy groups -OCH3 is 1. The van der Waals surface area contributed by atoms with Crippen LogP contribution in [0.25, 0.3) is 10.2 Å². The first-order valence-corrected chi connectivity index (χ1v) is 10.2. The lowest BCUT2D eigenvalue weighted by atomic mass is 9.96. The van der Waals surface area contributed by atoms with Crippen LogP contribution in [-0.2, 0) is 6.42 Å². The van der Waals surface area contributed by atoms with Gasteiger partial charge in [-0.05, 0) is 92.6 Å². The average Bonchev–Trinajstić information content (AvgIpc) is 3.31. The zero-order valence-electron chi connectivity index (χ0n) is 17.2. The van der Waals surface area contributed by atoms with Crippen molar-refractivity contribution in [1.29, 1.82) is 0 Å². The molecule has 0 spiro atoms. The van der Waals surface area contributed by atoms with E-state index in [1.54, 1.807) is 13.2 Å². The van der Waals surface area contributed by atoms with E-state index in [2.05, 4.69) is 20.0 Å². The van der Waals surface area contributed by atoms with Gasteiger partial charge >= 0.3 is 0 Å². The van der Waals surface area contributed by atoms with E-state index in [4.69, 9.17) is 4.74 Å². The minimum Gasteiger partial charge on any atom is -0.496 e. The van der Waals surface area contributed by atoms with Crippen molar-refractivity contribution in [3.05, 3.63) is 46.6 Å². The Morgan fingerprint density at radius 3 is 2.80 bits per heavy atom. The Labute approximate surface area is 192 Å². The van der Waals surface area contributed by atoms with Crippen LogP contribution in [0.5, 0.6) is 5.75 Å². The van der Waals surface area contributed by atoms with Crippen molar-refractivity contribution >= 4 is 58.3 Å². The Bertz CT molecular complexity index is 1040. The molecular weight excluding hydrogens is 443 g/mol. The van der Waals surface area contributed by atoms with Crippen LogP contribution < -0.4 is 15.4 Å². The summed E-state index contributed by atoms with van der Waals surface area (Å²) in [6, 6.07) is 7.63. The van der Waals surface area contributed by atoms with E-state index in [0.29, 0.717) is 17.3 Å². The van der Waals surface area contributed by atoms with Crippen molar-refractivity contribution in [2.45, 2.75) is 26.7 Å². The Morgan fingerprint density at radius 2 is 2.10 bits per heavy atom. The number of pyridine rings is 1. The molecule has 1 unspecified atom stereocenters. The molecule has 6 nitrogen and oxygen atoms in total. The molecule has 0 radical (unpaired) electrons. The number of hydrogen-bond acceptors (Lipinski definition) is 6. The molecule has 1 aliphatic heterocycles. The highest BCUT2D eigenvalue weighted by atomic mass is 35.5. The molecule has 1 aromatic carbocycles. The minimum absolute atomic E-state index is 0. The second kappa shape index (κ2) is 10.4. The lowest BCUT2D eigenvalue weighted by molar-refractivity contribution is 0.102. The van der Waals surface area contributed by atoms with Crippen LogP contribution in [0.1, 0.15) is 33.6 Å². The lowest BCUT2D eigenvalue weighted by Crippen LogP contribution is -2.14. The molecule has 9 heteroatoms. The molecular formula is C21H26Cl2N4O2S. The minimum atomic E-state index is -0.166. The first kappa shape index (κ1) is 24.3. The first-order chi connectivity index (χ1) is 13.5. The quantitative estimate of drug-likeness (QED) is 0.573. The molecule has 0 saturated carbocycles. The molecule has 2 N–H and O–H groups in total. The molecule has 1 amide bonds. The van der Waals surface area contributed by atoms with Crippen LogP contribution >= 0.6 is 36.3 Å². The van der Waals surface area contributed by atoms with Gasteiger partial charge in [-0.15, -0.1) is 24.8 Å². The van der Waals surface area contributed by atoms with Crippen molar-refractivity contribution in [1.82, 2.24) is 14.7 Å². The molecule has 162 valence electrons. The van der Waals surface area contributed by atoms with E-state index in [9.17, 15) is 4.79 Å². The van der Waals surface area contributed by atoms with Gasteiger partial charge in [0.15, 0.2) is 5.82 Å². The van der Waals surface area contributed by atoms with E-state index in [1.807, 2.05) is 32.0 Å². The second-order valence-electron chi connectivity index (χ2n) is 7.34. The summed E-state index contributed by atoms with van der Waals surface area (Å²) in [5.74, 6) is 1.82. The van der Waals surface area contributed by atoms with Crippen LogP contribution in [0.2, 0.25) is 0 Å². The number of ether oxygens (including phenoxy) is 1. The molecule has 3 aromatic rings. The predicted octanol–water partition coefficient (Wildman–Crippen LogP) is 4.56. The fourth-order valence-electron chi connectivity index (χ4n) is 3.84. The van der Waals surface area contributed by atoms with Crippen LogP contribution in [0, 0.1) is 19.8 Å². The van der Waals surface area contributed by atoms with Crippen LogP contribution in [-0.4, -0.2) is 35.5 Å². The van der Waals surface area contributed by atoms with Gasteiger partial charge < -0.3 is 15.4 Å². The fourth-order valence-corrected chi connectivity index (χ4v) is 4.68. The van der Waals surface area contributed by atoms with E-state index in [1.165, 1.54) is 11.5 Å². The largest absolute Gasteiger partial charge is 0.496 e. The lowest BCUT2D eigenvalue weighted by Gasteiger charge is -2.14. The molecule has 4 rings (SSSR count). The zero-order valence-corrected chi connectivity index (χ0v) is 19.6. The van der Waals surface area contributed by atoms with E-state index in [0.717, 1.165) is 58.7 Å². The van der Waals surface area contributed by atoms with E-state index >= 15 is 0 Å². The van der Waals surface area contributed by atoms with E-state index < -0.39 is 0 Å². The highest BCUT2D eigenvalue weighted by Crippen LogP contribution is 2.30. The number of hydrogen-bond donors (Lipinski definition) is 2. The molecule has 0 aliphatic carbocycles. The van der Waals surface area contributed by atoms with Crippen molar-refractivity contribution < 1.29 is 9.53 Å². The molecule has 30 heavy (non-hydrogen) atoms. The SMILES string of the molecule is COc1ccc(C(=O)Nc2nsc3nc(C)cc(C)c23)cc1CC1CCNC1.Cl.Cl. The molecule has 0 bridgehead atoms. The highest BCUT2D eigenvalue weighted by molar-refractivity contribution is 7.13. The number of rotatable bonds is 5. The summed E-state index contributed by atoms with van der Waals surface area (Å²) >= 11 is 1.31. The molecule has 1 atom stereocenters. The molecule has 1 saturated heterocycles. The number of aryl methyl sites for hydroxylation is 2. The monoisotopic (exact) mass is 468 g/mol. The maximum Gasteiger partial charge on any atom is 0.256 e. The van der Waals surface area contributed by atoms with Gasteiger partial charge in [-0.2, -0.15) is 4.37 Å². The van der Waals surface area contributed by atoms with Gasteiger partial charge in [0.05, 0.1) is 12.5 Å². The number of nitrogens with one attached hydrogen (secondary N) is 2. The molecule has 3 heterocycles. The van der Waals surface area contributed by atoms with Gasteiger partial charge in [0.25, 0.3) is 5.91 Å². The Balaban J connectivity index is 0.00000160. The number of halogens is 2. The number of benzene rings is 1. The molecule has 2 aromatic heterocycles. The summed E-state index contributed by atoms with van der Waals surface area (Å²) in [5.41, 5.74) is 3.70. The first-order valence-electron chi connectivity index (χ1n) is 9.47. The Hall–Kier alpha value is -1.93. The third-order valence-electron chi connectivity index (χ3n) is 5.22. The van der Waals surface area contributed by atoms with Crippen LogP contribution in [0.4, 0.5) is 5.82 Å². The number of aromatic nitrogens is 2. The third-order valence-corrected chi connectivity index (χ3v) is 5.96. The smallest absolute Gasteiger partial charge is 0.256 e. The van der Waals surface area contributed by atoms with E-state index in [-0.39, 0.29) is 30.7 Å². The predicted molar refractivity (Wildman–Crippen MR) is 127 cm³/mol. The Kier molecular flexibility index (Phi) is 8.43. The maximum absolute atomic E-state index is 12.9. The number of amides is 1. The van der Waals surface area contributed by atoms with Crippen LogP contribution in [0.3, 0.4) is 0 Å². The fraction of sp³-hybridized carbons (Fsp3) is 0.381. The summed E-state index contributed by atoms with van der Waals surface area (Å²) in [5, 5.41) is 7.27. The molecule has 1 aliphatic rings. The number of anilines is 1. The van der Waals surface area contributed by atoms with Gasteiger partial charge in [-0.3, -0.25) is 4.79 Å². The topological polar surface area (TPSA) is 76.1 Å². The summed E-state index contributed by atoms with van der Waals surface area (Å²) in [6.45, 7) is 6.04. The van der Waals surface area contributed by atoms with Gasteiger partial charge in [-0.1, -0.05) is 0 Å². The summed E-state index contributed by atoms with van der Waals surface area (Å²) in [6.07, 6.45) is 2.05. The van der Waals surface area contributed by atoms with Crippen molar-refractivity contribution in [2.24, 2.45) is 5.92 Å². The summed E-state index contributed by atoms with van der Waals surface area (Å²) in [7, 11) is 1.67. The summed E-state index contributed by atoms with van der Waals surface area (Å²) < 4.78 is 9.93. The average molecular weight is 469 g/mol.